The average Bonchev–Trinajstić information content (AvgIpc) is 1.24. The number of phosphoric ester groups is 2. The molecule has 0 saturated carbocycles. The summed E-state index contributed by atoms with van der Waals surface area (Å²) in [4.78, 5) is 72.8. The summed E-state index contributed by atoms with van der Waals surface area (Å²) in [5.74, 6) is -1.34. The smallest absolute Gasteiger partial charge is 0.462 e. The maximum atomic E-state index is 13.1. The number of unbranched alkanes of at least 4 members (excludes halogenated alkanes) is 51. The van der Waals surface area contributed by atoms with Crippen molar-refractivity contribution in [2.24, 2.45) is 5.92 Å². The molecule has 0 aromatic rings. The van der Waals surface area contributed by atoms with Gasteiger partial charge in [-0.1, -0.05) is 369 Å². The number of aliphatic hydroxyl groups excluding tert-OH is 1. The molecule has 0 heterocycles. The molecule has 5 atom stereocenters. The van der Waals surface area contributed by atoms with Crippen LogP contribution in [0.15, 0.2) is 0 Å². The number of carbonyl (C=O) groups excluding carboxylic acids is 4. The molecular weight excluding hydrogens is 1280 g/mol. The van der Waals surface area contributed by atoms with E-state index < -0.39 is 97.5 Å². The molecule has 0 rings (SSSR count). The highest BCUT2D eigenvalue weighted by Crippen LogP contribution is 2.45. The van der Waals surface area contributed by atoms with Crippen molar-refractivity contribution >= 4 is 39.5 Å². The van der Waals surface area contributed by atoms with Crippen molar-refractivity contribution in [3.63, 3.8) is 0 Å². The van der Waals surface area contributed by atoms with Gasteiger partial charge in [-0.3, -0.25) is 37.3 Å². The molecular formula is C79H154O17P2. The van der Waals surface area contributed by atoms with Gasteiger partial charge in [-0.05, 0) is 31.6 Å². The largest absolute Gasteiger partial charge is 0.472 e. The maximum absolute atomic E-state index is 13.1. The van der Waals surface area contributed by atoms with Crippen LogP contribution >= 0.6 is 15.6 Å². The van der Waals surface area contributed by atoms with Crippen LogP contribution in [0, 0.1) is 5.92 Å². The zero-order valence-corrected chi connectivity index (χ0v) is 65.7. The Balaban J connectivity index is 5.17. The molecule has 0 aliphatic heterocycles. The average molecular weight is 1440 g/mol. The number of rotatable bonds is 79. The molecule has 0 aromatic carbocycles. The van der Waals surface area contributed by atoms with Crippen LogP contribution in [-0.4, -0.2) is 96.7 Å². The van der Waals surface area contributed by atoms with E-state index in [1.807, 2.05) is 0 Å². The summed E-state index contributed by atoms with van der Waals surface area (Å²) in [7, 11) is -9.91. The highest BCUT2D eigenvalue weighted by molar-refractivity contribution is 7.47. The number of hydrogen-bond donors (Lipinski definition) is 3. The highest BCUT2D eigenvalue weighted by Gasteiger charge is 2.30. The van der Waals surface area contributed by atoms with Crippen LogP contribution in [0.5, 0.6) is 0 Å². The normalized spacial score (nSPS) is 13.9. The molecule has 0 radical (unpaired) electrons. The lowest BCUT2D eigenvalue weighted by molar-refractivity contribution is -0.161. The SMILES string of the molecule is CCCCCCCCCCCCCCCCCCCCCCCCC(=O)O[C@H](COC(=O)CCCCCCCCCCCCCC(C)C)COP(=O)(O)OC[C@@H](O)COP(=O)(O)OC[C@@H](COC(=O)CCCCCCCCCC)OC(=O)CCCCCCCCCCCCCCCC. The zero-order valence-electron chi connectivity index (χ0n) is 63.9. The van der Waals surface area contributed by atoms with Gasteiger partial charge in [0.05, 0.1) is 26.4 Å². The predicted molar refractivity (Wildman–Crippen MR) is 400 cm³/mol. The van der Waals surface area contributed by atoms with Gasteiger partial charge in [-0.15, -0.1) is 0 Å². The molecule has 0 spiro atoms. The van der Waals surface area contributed by atoms with Crippen molar-refractivity contribution in [2.75, 3.05) is 39.6 Å². The second kappa shape index (κ2) is 72.0. The van der Waals surface area contributed by atoms with Gasteiger partial charge >= 0.3 is 39.5 Å². The Morgan fingerprint density at radius 2 is 0.469 bits per heavy atom. The monoisotopic (exact) mass is 1440 g/mol. The van der Waals surface area contributed by atoms with Crippen LogP contribution in [0.3, 0.4) is 0 Å². The molecule has 0 bridgehead atoms. The van der Waals surface area contributed by atoms with E-state index in [1.54, 1.807) is 0 Å². The van der Waals surface area contributed by atoms with Crippen molar-refractivity contribution in [3.8, 4) is 0 Å². The van der Waals surface area contributed by atoms with E-state index in [0.717, 1.165) is 102 Å². The molecule has 3 N–H and O–H groups in total. The second-order valence-corrected chi connectivity index (χ2v) is 31.8. The molecule has 0 saturated heterocycles. The third-order valence-corrected chi connectivity index (χ3v) is 20.4. The fourth-order valence-corrected chi connectivity index (χ4v) is 13.8. The van der Waals surface area contributed by atoms with E-state index in [4.69, 9.17) is 37.0 Å². The first-order valence-corrected chi connectivity index (χ1v) is 44.1. The van der Waals surface area contributed by atoms with E-state index >= 15 is 0 Å². The van der Waals surface area contributed by atoms with Gasteiger partial charge in [-0.2, -0.15) is 0 Å². The van der Waals surface area contributed by atoms with Crippen LogP contribution in [0.2, 0.25) is 0 Å². The number of esters is 4. The Kier molecular flexibility index (Phi) is 70.6. The molecule has 17 nitrogen and oxygen atoms in total. The van der Waals surface area contributed by atoms with E-state index in [-0.39, 0.29) is 25.7 Å². The minimum absolute atomic E-state index is 0.108. The van der Waals surface area contributed by atoms with Gasteiger partial charge in [0.1, 0.15) is 19.3 Å². The molecule has 0 aromatic heterocycles. The number of hydrogen-bond acceptors (Lipinski definition) is 15. The number of aliphatic hydroxyl groups is 1. The first-order chi connectivity index (χ1) is 47.5. The van der Waals surface area contributed by atoms with Crippen molar-refractivity contribution in [1.82, 2.24) is 0 Å². The lowest BCUT2D eigenvalue weighted by Crippen LogP contribution is -2.30. The van der Waals surface area contributed by atoms with E-state index in [1.165, 1.54) is 238 Å². The molecule has 2 unspecified atom stereocenters. The van der Waals surface area contributed by atoms with Gasteiger partial charge in [0, 0.05) is 25.7 Å². The second-order valence-electron chi connectivity index (χ2n) is 28.9. The fourth-order valence-electron chi connectivity index (χ4n) is 12.2. The number of phosphoric acid groups is 2. The highest BCUT2D eigenvalue weighted by atomic mass is 31.2. The van der Waals surface area contributed by atoms with Gasteiger partial charge in [0.25, 0.3) is 0 Å². The maximum Gasteiger partial charge on any atom is 0.472 e. The number of ether oxygens (including phenoxy) is 4. The zero-order chi connectivity index (χ0) is 71.9. The van der Waals surface area contributed by atoms with Crippen molar-refractivity contribution < 1.29 is 80.2 Å². The Labute approximate surface area is 600 Å². The minimum Gasteiger partial charge on any atom is -0.462 e. The van der Waals surface area contributed by atoms with Gasteiger partial charge in [0.2, 0.25) is 0 Å². The molecule has 0 aliphatic rings. The minimum atomic E-state index is -4.96. The summed E-state index contributed by atoms with van der Waals surface area (Å²) in [6.45, 7) is 7.29. The van der Waals surface area contributed by atoms with E-state index in [9.17, 15) is 43.2 Å². The standard InChI is InChI=1S/C79H154O17P2/c1-6-9-12-15-18-21-23-25-27-28-29-30-31-32-33-34-36-40-45-50-55-60-65-79(84)96-75(69-90-77(82)63-58-53-48-43-41-37-38-42-46-51-56-61-72(4)5)71-94-98(87,88)92-67-73(80)66-91-97(85,86)93-70-74(68-89-76(81)62-57-52-47-20-17-14-11-8-3)95-78(83)64-59-54-49-44-39-35-26-24-22-19-16-13-10-7-2/h72-75,80H,6-71H2,1-5H3,(H,85,86)(H,87,88)/t73-,74+,75+/m0/s1. The summed E-state index contributed by atoms with van der Waals surface area (Å²) >= 11 is 0. The molecule has 0 aliphatic carbocycles. The quantitative estimate of drug-likeness (QED) is 0.0222. The van der Waals surface area contributed by atoms with E-state index in [0.29, 0.717) is 25.7 Å². The van der Waals surface area contributed by atoms with Crippen molar-refractivity contribution in [3.05, 3.63) is 0 Å². The Hall–Kier alpha value is -1.94. The first kappa shape index (κ1) is 96.1. The van der Waals surface area contributed by atoms with Crippen LogP contribution in [0.4, 0.5) is 0 Å². The fraction of sp³-hybridized carbons (Fsp3) is 0.949. The Morgan fingerprint density at radius 3 is 0.694 bits per heavy atom. The summed E-state index contributed by atoms with van der Waals surface area (Å²) < 4.78 is 68.6. The molecule has 582 valence electrons. The molecule has 98 heavy (non-hydrogen) atoms. The van der Waals surface area contributed by atoms with Crippen LogP contribution < -0.4 is 0 Å². The molecule has 19 heteroatoms. The number of carbonyl (C=O) groups is 4. The van der Waals surface area contributed by atoms with Crippen molar-refractivity contribution in [1.29, 1.82) is 0 Å². The Bertz CT molecular complexity index is 1870. The summed E-state index contributed by atoms with van der Waals surface area (Å²) in [5, 5.41) is 10.6. The topological polar surface area (TPSA) is 237 Å². The first-order valence-electron chi connectivity index (χ1n) is 41.1. The molecule has 0 fully saturated rings. The molecule has 0 amide bonds. The van der Waals surface area contributed by atoms with Crippen LogP contribution in [0.25, 0.3) is 0 Å². The van der Waals surface area contributed by atoms with Crippen LogP contribution in [0.1, 0.15) is 420 Å². The Morgan fingerprint density at radius 1 is 0.276 bits per heavy atom. The van der Waals surface area contributed by atoms with Crippen molar-refractivity contribution in [2.45, 2.75) is 438 Å². The summed E-state index contributed by atoms with van der Waals surface area (Å²) in [5.41, 5.74) is 0. The van der Waals surface area contributed by atoms with Crippen LogP contribution in [-0.2, 0) is 65.4 Å². The van der Waals surface area contributed by atoms with Gasteiger partial charge < -0.3 is 33.8 Å². The third-order valence-electron chi connectivity index (χ3n) is 18.5. The van der Waals surface area contributed by atoms with Gasteiger partial charge in [0.15, 0.2) is 12.2 Å². The summed E-state index contributed by atoms with van der Waals surface area (Å²) in [6.07, 6.45) is 62.6. The lowest BCUT2D eigenvalue weighted by atomic mass is 10.0. The predicted octanol–water partition coefficient (Wildman–Crippen LogP) is 23.6. The van der Waals surface area contributed by atoms with Gasteiger partial charge in [-0.25, -0.2) is 9.13 Å². The van der Waals surface area contributed by atoms with E-state index in [2.05, 4.69) is 34.6 Å². The lowest BCUT2D eigenvalue weighted by Gasteiger charge is -2.21. The summed E-state index contributed by atoms with van der Waals surface area (Å²) in [6, 6.07) is 0. The third kappa shape index (κ3) is 72.4.